The lowest BCUT2D eigenvalue weighted by atomic mass is 10.0. The minimum Gasteiger partial charge on any atom is -0.506 e. The minimum absolute atomic E-state index is 0.0665. The molecule has 21 heavy (non-hydrogen) atoms. The predicted molar refractivity (Wildman–Crippen MR) is 84.2 cm³/mol. The molecule has 1 amide bonds. The van der Waals surface area contributed by atoms with Crippen LogP contribution in [0.4, 0.5) is 5.69 Å². The van der Waals surface area contributed by atoms with Crippen molar-refractivity contribution >= 4 is 11.6 Å². The van der Waals surface area contributed by atoms with Crippen LogP contribution in [0.2, 0.25) is 0 Å². The number of amides is 1. The lowest BCUT2D eigenvalue weighted by molar-refractivity contribution is -0.121. The van der Waals surface area contributed by atoms with Crippen LogP contribution >= 0.6 is 0 Å². The molecule has 4 nitrogen and oxygen atoms in total. The molecule has 0 radical (unpaired) electrons. The van der Waals surface area contributed by atoms with Crippen molar-refractivity contribution in [1.82, 2.24) is 4.90 Å². The first-order valence-corrected chi connectivity index (χ1v) is 6.97. The van der Waals surface area contributed by atoms with Crippen LogP contribution in [0.1, 0.15) is 18.5 Å². The maximum Gasteiger partial charge on any atom is 0.246 e. The first-order valence-electron chi connectivity index (χ1n) is 6.97. The number of carbonyl (C=O) groups is 1. The van der Waals surface area contributed by atoms with Crippen molar-refractivity contribution in [3.63, 3.8) is 0 Å². The summed E-state index contributed by atoms with van der Waals surface area (Å²) in [6.45, 7) is 2.75. The zero-order chi connectivity index (χ0) is 15.2. The number of likely N-dealkylation sites (N-methyl/N-ethyl adjacent to an activating group) is 1. The van der Waals surface area contributed by atoms with Crippen LogP contribution in [-0.2, 0) is 4.79 Å². The number of phenols is 1. The average Bonchev–Trinajstić information content (AvgIpc) is 2.50. The standard InChI is InChI=1S/C17H20N2O2/c1-3-19(2)16(13-9-5-4-6-10-13)17(21)18-14-11-7-8-12-15(14)20/h4-12,16,20H,3H2,1-2H3,(H,18,21). The van der Waals surface area contributed by atoms with Gasteiger partial charge in [-0.15, -0.1) is 0 Å². The van der Waals surface area contributed by atoms with Crippen LogP contribution < -0.4 is 5.32 Å². The number of nitrogens with zero attached hydrogens (tertiary/aromatic N) is 1. The quantitative estimate of drug-likeness (QED) is 0.830. The summed E-state index contributed by atoms with van der Waals surface area (Å²) in [7, 11) is 1.90. The molecule has 0 aliphatic heterocycles. The number of nitrogens with one attached hydrogen (secondary N) is 1. The molecular weight excluding hydrogens is 264 g/mol. The SMILES string of the molecule is CCN(C)C(C(=O)Nc1ccccc1O)c1ccccc1. The highest BCUT2D eigenvalue weighted by Gasteiger charge is 2.24. The molecule has 0 spiro atoms. The minimum atomic E-state index is -0.393. The van der Waals surface area contributed by atoms with Crippen molar-refractivity contribution in [2.24, 2.45) is 0 Å². The van der Waals surface area contributed by atoms with Gasteiger partial charge in [-0.25, -0.2) is 0 Å². The third kappa shape index (κ3) is 3.61. The van der Waals surface area contributed by atoms with Gasteiger partial charge in [-0.1, -0.05) is 49.4 Å². The van der Waals surface area contributed by atoms with Gasteiger partial charge in [0.25, 0.3) is 0 Å². The predicted octanol–water partition coefficient (Wildman–Crippen LogP) is 3.02. The van der Waals surface area contributed by atoms with Crippen LogP contribution in [0, 0.1) is 0 Å². The van der Waals surface area contributed by atoms with Crippen LogP contribution in [0.5, 0.6) is 5.75 Å². The Morgan fingerprint density at radius 2 is 1.76 bits per heavy atom. The van der Waals surface area contributed by atoms with Gasteiger partial charge in [-0.05, 0) is 31.3 Å². The van der Waals surface area contributed by atoms with E-state index < -0.39 is 6.04 Å². The molecule has 2 aromatic carbocycles. The lowest BCUT2D eigenvalue weighted by Gasteiger charge is -2.26. The molecule has 2 N–H and O–H groups in total. The van der Waals surface area contributed by atoms with Crippen molar-refractivity contribution in [3.05, 3.63) is 60.2 Å². The van der Waals surface area contributed by atoms with E-state index >= 15 is 0 Å². The van der Waals surface area contributed by atoms with Crippen LogP contribution in [0.3, 0.4) is 0 Å². The summed E-state index contributed by atoms with van der Waals surface area (Å²) in [6, 6.07) is 16.0. The van der Waals surface area contributed by atoms with Gasteiger partial charge in [-0.2, -0.15) is 0 Å². The second-order valence-electron chi connectivity index (χ2n) is 4.89. The van der Waals surface area contributed by atoms with E-state index in [9.17, 15) is 9.90 Å². The monoisotopic (exact) mass is 284 g/mol. The second kappa shape index (κ2) is 6.90. The zero-order valence-corrected chi connectivity index (χ0v) is 12.3. The summed E-state index contributed by atoms with van der Waals surface area (Å²) in [6.07, 6.45) is 0. The summed E-state index contributed by atoms with van der Waals surface area (Å²) in [5.74, 6) is -0.0936. The van der Waals surface area contributed by atoms with Gasteiger partial charge >= 0.3 is 0 Å². The molecule has 0 aromatic heterocycles. The van der Waals surface area contributed by atoms with E-state index in [4.69, 9.17) is 0 Å². The number of aromatic hydroxyl groups is 1. The van der Waals surface area contributed by atoms with E-state index in [1.54, 1.807) is 24.3 Å². The van der Waals surface area contributed by atoms with E-state index in [0.29, 0.717) is 5.69 Å². The van der Waals surface area contributed by atoms with Crippen molar-refractivity contribution in [2.75, 3.05) is 18.9 Å². The largest absolute Gasteiger partial charge is 0.506 e. The second-order valence-corrected chi connectivity index (χ2v) is 4.89. The highest BCUT2D eigenvalue weighted by atomic mass is 16.3. The fraction of sp³-hybridized carbons (Fsp3) is 0.235. The van der Waals surface area contributed by atoms with E-state index in [1.165, 1.54) is 0 Å². The third-order valence-electron chi connectivity index (χ3n) is 3.47. The Balaban J connectivity index is 2.25. The van der Waals surface area contributed by atoms with Crippen molar-refractivity contribution in [3.8, 4) is 5.75 Å². The number of carbonyl (C=O) groups excluding carboxylic acids is 1. The van der Waals surface area contributed by atoms with Crippen LogP contribution in [0.15, 0.2) is 54.6 Å². The van der Waals surface area contributed by atoms with Crippen molar-refractivity contribution in [2.45, 2.75) is 13.0 Å². The summed E-state index contributed by atoms with van der Waals surface area (Å²) >= 11 is 0. The average molecular weight is 284 g/mol. The number of hydrogen-bond acceptors (Lipinski definition) is 3. The molecule has 110 valence electrons. The molecule has 0 aliphatic rings. The Morgan fingerprint density at radius 1 is 1.14 bits per heavy atom. The van der Waals surface area contributed by atoms with Gasteiger partial charge in [-0.3, -0.25) is 9.69 Å². The van der Waals surface area contributed by atoms with Gasteiger partial charge in [0.05, 0.1) is 5.69 Å². The number of para-hydroxylation sites is 2. The van der Waals surface area contributed by atoms with Gasteiger partial charge in [0.15, 0.2) is 0 Å². The highest BCUT2D eigenvalue weighted by Crippen LogP contribution is 2.25. The molecular formula is C17H20N2O2. The fourth-order valence-electron chi connectivity index (χ4n) is 2.20. The number of phenolic OH excluding ortho intramolecular Hbond substituents is 1. The van der Waals surface area contributed by atoms with Gasteiger partial charge in [0.2, 0.25) is 5.91 Å². The van der Waals surface area contributed by atoms with E-state index in [0.717, 1.165) is 12.1 Å². The molecule has 0 saturated carbocycles. The molecule has 0 heterocycles. The van der Waals surface area contributed by atoms with Gasteiger partial charge < -0.3 is 10.4 Å². The molecule has 0 bridgehead atoms. The molecule has 4 heteroatoms. The fourth-order valence-corrected chi connectivity index (χ4v) is 2.20. The van der Waals surface area contributed by atoms with E-state index in [-0.39, 0.29) is 11.7 Å². The Morgan fingerprint density at radius 3 is 2.38 bits per heavy atom. The molecule has 0 aliphatic carbocycles. The number of benzene rings is 2. The first kappa shape index (κ1) is 15.1. The maximum atomic E-state index is 12.6. The molecule has 0 fully saturated rings. The van der Waals surface area contributed by atoms with Crippen LogP contribution in [0.25, 0.3) is 0 Å². The van der Waals surface area contributed by atoms with Crippen LogP contribution in [-0.4, -0.2) is 29.5 Å². The molecule has 2 aromatic rings. The Kier molecular flexibility index (Phi) is 4.95. The Hall–Kier alpha value is -2.33. The summed E-state index contributed by atoms with van der Waals surface area (Å²) in [5.41, 5.74) is 1.35. The topological polar surface area (TPSA) is 52.6 Å². The lowest BCUT2D eigenvalue weighted by Crippen LogP contribution is -2.34. The molecule has 1 atom stereocenters. The Labute approximate surface area is 125 Å². The highest BCUT2D eigenvalue weighted by molar-refractivity contribution is 5.96. The molecule has 2 rings (SSSR count). The molecule has 0 saturated heterocycles. The van der Waals surface area contributed by atoms with Crippen molar-refractivity contribution < 1.29 is 9.90 Å². The zero-order valence-electron chi connectivity index (χ0n) is 12.3. The molecule has 1 unspecified atom stereocenters. The summed E-state index contributed by atoms with van der Waals surface area (Å²) in [4.78, 5) is 14.6. The Bertz CT molecular complexity index is 599. The summed E-state index contributed by atoms with van der Waals surface area (Å²) < 4.78 is 0. The maximum absolute atomic E-state index is 12.6. The number of anilines is 1. The van der Waals surface area contributed by atoms with E-state index in [1.807, 2.05) is 49.2 Å². The normalized spacial score (nSPS) is 12.1. The number of hydrogen-bond donors (Lipinski definition) is 2. The van der Waals surface area contributed by atoms with Crippen molar-refractivity contribution in [1.29, 1.82) is 0 Å². The van der Waals surface area contributed by atoms with Gasteiger partial charge in [0.1, 0.15) is 11.8 Å². The van der Waals surface area contributed by atoms with E-state index in [2.05, 4.69) is 5.32 Å². The third-order valence-corrected chi connectivity index (χ3v) is 3.47. The number of rotatable bonds is 5. The first-order chi connectivity index (χ1) is 10.1. The smallest absolute Gasteiger partial charge is 0.246 e. The van der Waals surface area contributed by atoms with Gasteiger partial charge in [0, 0.05) is 0 Å². The summed E-state index contributed by atoms with van der Waals surface area (Å²) in [5, 5.41) is 12.6.